The van der Waals surface area contributed by atoms with Gasteiger partial charge in [-0.25, -0.2) is 9.78 Å². The Morgan fingerprint density at radius 3 is 1.55 bits per heavy atom. The average Bonchev–Trinajstić information content (AvgIpc) is 2.99. The summed E-state index contributed by atoms with van der Waals surface area (Å²) in [4.78, 5) is 21.2. The van der Waals surface area contributed by atoms with Gasteiger partial charge in [0.25, 0.3) is 0 Å². The zero-order chi connectivity index (χ0) is 28.3. The first-order valence-electron chi connectivity index (χ1n) is 15.2. The van der Waals surface area contributed by atoms with Crippen molar-refractivity contribution < 1.29 is 19.0 Å². The molecule has 0 N–H and O–H groups in total. The predicted octanol–water partition coefficient (Wildman–Crippen LogP) is 9.23. The van der Waals surface area contributed by atoms with Crippen molar-refractivity contribution in [3.05, 3.63) is 66.6 Å². The first kappa shape index (κ1) is 31.1. The molecule has 0 unspecified atom stereocenters. The van der Waals surface area contributed by atoms with Crippen molar-refractivity contribution in [2.45, 2.75) is 97.3 Å². The Hall–Kier alpha value is -3.41. The first-order chi connectivity index (χ1) is 19.7. The average molecular weight is 547 g/mol. The number of benzene rings is 2. The zero-order valence-electron chi connectivity index (χ0n) is 24.4. The summed E-state index contributed by atoms with van der Waals surface area (Å²) in [6.45, 7) is 5.89. The summed E-state index contributed by atoms with van der Waals surface area (Å²) < 4.78 is 17.1. The topological polar surface area (TPSA) is 70.5 Å². The SMILES string of the molecule is CCCCCCCCCCOc1ccc(-c2cnc(C(=O)Oc3ccc(OCCCCCCC)cc3)cn2)cc1. The maximum absolute atomic E-state index is 12.5. The molecule has 0 saturated heterocycles. The van der Waals surface area contributed by atoms with Crippen LogP contribution in [0.15, 0.2) is 60.9 Å². The molecule has 0 aliphatic rings. The molecule has 3 aromatic rings. The number of carbonyl (C=O) groups excluding carboxylic acids is 1. The molecule has 6 heteroatoms. The summed E-state index contributed by atoms with van der Waals surface area (Å²) in [6.07, 6.45) is 19.3. The highest BCUT2D eigenvalue weighted by atomic mass is 16.5. The van der Waals surface area contributed by atoms with E-state index in [-0.39, 0.29) is 5.69 Å². The van der Waals surface area contributed by atoms with E-state index in [2.05, 4.69) is 23.8 Å². The largest absolute Gasteiger partial charge is 0.494 e. The van der Waals surface area contributed by atoms with Crippen molar-refractivity contribution in [2.24, 2.45) is 0 Å². The number of rotatable bonds is 20. The van der Waals surface area contributed by atoms with Crippen molar-refractivity contribution in [1.82, 2.24) is 9.97 Å². The predicted molar refractivity (Wildman–Crippen MR) is 161 cm³/mol. The molecule has 0 radical (unpaired) electrons. The summed E-state index contributed by atoms with van der Waals surface area (Å²) >= 11 is 0. The van der Waals surface area contributed by atoms with E-state index in [0.717, 1.165) is 36.5 Å². The van der Waals surface area contributed by atoms with Gasteiger partial charge in [0.2, 0.25) is 0 Å². The van der Waals surface area contributed by atoms with Crippen LogP contribution in [0.4, 0.5) is 0 Å². The van der Waals surface area contributed by atoms with Gasteiger partial charge in [-0.3, -0.25) is 4.98 Å². The summed E-state index contributed by atoms with van der Waals surface area (Å²) in [6, 6.07) is 14.9. The number of esters is 1. The number of ether oxygens (including phenoxy) is 3. The minimum atomic E-state index is -0.548. The van der Waals surface area contributed by atoms with Crippen LogP contribution in [0.1, 0.15) is 108 Å². The summed E-state index contributed by atoms with van der Waals surface area (Å²) in [7, 11) is 0. The minimum Gasteiger partial charge on any atom is -0.494 e. The molecule has 0 atom stereocenters. The summed E-state index contributed by atoms with van der Waals surface area (Å²) in [5.74, 6) is 1.51. The highest BCUT2D eigenvalue weighted by Crippen LogP contribution is 2.22. The first-order valence-corrected chi connectivity index (χ1v) is 15.2. The van der Waals surface area contributed by atoms with Crippen molar-refractivity contribution >= 4 is 5.97 Å². The maximum atomic E-state index is 12.5. The van der Waals surface area contributed by atoms with Crippen LogP contribution in [0, 0.1) is 0 Å². The van der Waals surface area contributed by atoms with Crippen LogP contribution < -0.4 is 14.2 Å². The molecule has 0 aliphatic heterocycles. The molecule has 0 amide bonds. The monoisotopic (exact) mass is 546 g/mol. The Bertz CT molecular complexity index is 1080. The van der Waals surface area contributed by atoms with Gasteiger partial charge in [-0.2, -0.15) is 0 Å². The van der Waals surface area contributed by atoms with Crippen molar-refractivity contribution in [3.8, 4) is 28.5 Å². The lowest BCUT2D eigenvalue weighted by Crippen LogP contribution is -2.11. The highest BCUT2D eigenvalue weighted by molar-refractivity contribution is 5.88. The standard InChI is InChI=1S/C34H46N2O4/c1-3-5-7-9-10-11-13-15-25-38-29-18-16-28(17-19-29)32-26-36-33(27-35-32)34(37)40-31-22-20-30(21-23-31)39-24-14-12-8-6-4-2/h16-23,26-27H,3-15,24-25H2,1-2H3. The lowest BCUT2D eigenvalue weighted by Gasteiger charge is -2.08. The lowest BCUT2D eigenvalue weighted by molar-refractivity contribution is 0.0728. The Balaban J connectivity index is 1.37. The normalized spacial score (nSPS) is 10.8. The smallest absolute Gasteiger partial charge is 0.363 e. The Kier molecular flexibility index (Phi) is 14.6. The molecule has 6 nitrogen and oxygen atoms in total. The number of carbonyl (C=O) groups is 1. The van der Waals surface area contributed by atoms with Gasteiger partial charge in [-0.1, -0.05) is 84.5 Å². The van der Waals surface area contributed by atoms with Gasteiger partial charge >= 0.3 is 5.97 Å². The third-order valence-corrected chi connectivity index (χ3v) is 6.83. The molecule has 1 heterocycles. The van der Waals surface area contributed by atoms with Crippen LogP contribution in [0.3, 0.4) is 0 Å². The molecule has 0 fully saturated rings. The molecule has 1 aromatic heterocycles. The van der Waals surface area contributed by atoms with Gasteiger partial charge in [0.15, 0.2) is 5.69 Å². The zero-order valence-corrected chi connectivity index (χ0v) is 24.4. The van der Waals surface area contributed by atoms with E-state index >= 15 is 0 Å². The van der Waals surface area contributed by atoms with Gasteiger partial charge in [0.1, 0.15) is 17.2 Å². The number of hydrogen-bond acceptors (Lipinski definition) is 6. The number of hydrogen-bond donors (Lipinski definition) is 0. The van der Waals surface area contributed by atoms with E-state index in [9.17, 15) is 4.79 Å². The van der Waals surface area contributed by atoms with E-state index < -0.39 is 5.97 Å². The number of aromatic nitrogens is 2. The van der Waals surface area contributed by atoms with Crippen LogP contribution >= 0.6 is 0 Å². The lowest BCUT2D eigenvalue weighted by atomic mass is 10.1. The Morgan fingerprint density at radius 2 is 1.05 bits per heavy atom. The van der Waals surface area contributed by atoms with E-state index in [1.807, 2.05) is 36.4 Å². The van der Waals surface area contributed by atoms with Gasteiger partial charge < -0.3 is 14.2 Å². The molecule has 0 spiro atoms. The minimum absolute atomic E-state index is 0.154. The molecule has 2 aromatic carbocycles. The molecular weight excluding hydrogens is 500 g/mol. The van der Waals surface area contributed by atoms with Gasteiger partial charge in [-0.15, -0.1) is 0 Å². The number of unbranched alkanes of at least 4 members (excludes halogenated alkanes) is 11. The fraction of sp³-hybridized carbons (Fsp3) is 0.500. The van der Waals surface area contributed by atoms with Crippen LogP contribution in [0.25, 0.3) is 11.3 Å². The van der Waals surface area contributed by atoms with Crippen molar-refractivity contribution in [2.75, 3.05) is 13.2 Å². The van der Waals surface area contributed by atoms with E-state index in [0.29, 0.717) is 18.1 Å². The second kappa shape index (κ2) is 18.8. The maximum Gasteiger partial charge on any atom is 0.363 e. The summed E-state index contributed by atoms with van der Waals surface area (Å²) in [5.41, 5.74) is 1.75. The molecule has 40 heavy (non-hydrogen) atoms. The van der Waals surface area contributed by atoms with Crippen LogP contribution in [0.5, 0.6) is 17.2 Å². The molecule has 0 saturated carbocycles. The third-order valence-electron chi connectivity index (χ3n) is 6.83. The fourth-order valence-corrected chi connectivity index (χ4v) is 4.39. The van der Waals surface area contributed by atoms with Gasteiger partial charge in [0, 0.05) is 5.56 Å². The van der Waals surface area contributed by atoms with E-state index in [1.165, 1.54) is 76.8 Å². The molecule has 216 valence electrons. The van der Waals surface area contributed by atoms with Crippen molar-refractivity contribution in [1.29, 1.82) is 0 Å². The second-order valence-corrected chi connectivity index (χ2v) is 10.3. The number of nitrogens with zero attached hydrogens (tertiary/aromatic N) is 2. The van der Waals surface area contributed by atoms with E-state index in [1.54, 1.807) is 18.3 Å². The Morgan fingerprint density at radius 1 is 0.575 bits per heavy atom. The highest BCUT2D eigenvalue weighted by Gasteiger charge is 2.12. The molecule has 3 rings (SSSR count). The van der Waals surface area contributed by atoms with Crippen LogP contribution in [-0.2, 0) is 0 Å². The van der Waals surface area contributed by atoms with Gasteiger partial charge in [0.05, 0.1) is 31.3 Å². The van der Waals surface area contributed by atoms with Gasteiger partial charge in [-0.05, 0) is 61.4 Å². The summed E-state index contributed by atoms with van der Waals surface area (Å²) in [5, 5.41) is 0. The second-order valence-electron chi connectivity index (χ2n) is 10.3. The van der Waals surface area contributed by atoms with E-state index in [4.69, 9.17) is 14.2 Å². The quantitative estimate of drug-likeness (QED) is 0.0799. The van der Waals surface area contributed by atoms with Crippen LogP contribution in [-0.4, -0.2) is 29.2 Å². The van der Waals surface area contributed by atoms with Crippen molar-refractivity contribution in [3.63, 3.8) is 0 Å². The third kappa shape index (κ3) is 11.8. The molecule has 0 bridgehead atoms. The molecular formula is C34H46N2O4. The van der Waals surface area contributed by atoms with Crippen LogP contribution in [0.2, 0.25) is 0 Å². The molecule has 0 aliphatic carbocycles. The Labute approximate surface area is 240 Å². The fourth-order valence-electron chi connectivity index (χ4n) is 4.39.